The number of nitrogen functional groups attached to an aromatic ring is 1. The van der Waals surface area contributed by atoms with Crippen molar-refractivity contribution in [1.29, 1.82) is 0 Å². The second kappa shape index (κ2) is 7.18. The number of anilines is 1. The zero-order valence-corrected chi connectivity index (χ0v) is 15.8. The summed E-state index contributed by atoms with van der Waals surface area (Å²) in [7, 11) is 2.59. The standard InChI is InChI=1S/C19H20N4O5/c1-4-23-9-12(11-7-5-6-8-13(11)23)18(26)28-10-14(24)15-16(20)21(2)19(27)22(3)17(15)25/h5-9H,4,10,20H2,1-3H3. The number of nitrogens with zero attached hydrogens (tertiary/aromatic N) is 3. The average molecular weight is 384 g/mol. The van der Waals surface area contributed by atoms with Crippen molar-refractivity contribution in [3.8, 4) is 0 Å². The number of rotatable bonds is 5. The summed E-state index contributed by atoms with van der Waals surface area (Å²) >= 11 is 0. The molecule has 0 spiro atoms. The number of para-hydroxylation sites is 1. The number of ketones is 1. The summed E-state index contributed by atoms with van der Waals surface area (Å²) in [6.07, 6.45) is 1.66. The van der Waals surface area contributed by atoms with E-state index >= 15 is 0 Å². The van der Waals surface area contributed by atoms with Gasteiger partial charge >= 0.3 is 11.7 Å². The van der Waals surface area contributed by atoms with E-state index in [1.54, 1.807) is 18.3 Å². The molecule has 1 aromatic carbocycles. The molecule has 9 heteroatoms. The number of hydrogen-bond donors (Lipinski definition) is 1. The SMILES string of the molecule is CCn1cc(C(=O)OCC(=O)c2c(N)n(C)c(=O)n(C)c2=O)c2ccccc21. The van der Waals surface area contributed by atoms with Crippen LogP contribution in [0.15, 0.2) is 40.1 Å². The van der Waals surface area contributed by atoms with Crippen LogP contribution >= 0.6 is 0 Å². The number of ether oxygens (including phenoxy) is 1. The third-order valence-electron chi connectivity index (χ3n) is 4.67. The van der Waals surface area contributed by atoms with Crippen LogP contribution in [0.3, 0.4) is 0 Å². The van der Waals surface area contributed by atoms with E-state index in [2.05, 4.69) is 0 Å². The quantitative estimate of drug-likeness (QED) is 0.510. The van der Waals surface area contributed by atoms with E-state index in [9.17, 15) is 19.2 Å². The maximum Gasteiger partial charge on any atom is 0.340 e. The molecule has 2 aromatic heterocycles. The predicted molar refractivity (Wildman–Crippen MR) is 104 cm³/mol. The molecular weight excluding hydrogens is 364 g/mol. The zero-order valence-electron chi connectivity index (χ0n) is 15.8. The number of nitrogens with two attached hydrogens (primary N) is 1. The molecule has 2 heterocycles. The topological polar surface area (TPSA) is 118 Å². The molecule has 0 bridgehead atoms. The van der Waals surface area contributed by atoms with Gasteiger partial charge in [-0.05, 0) is 13.0 Å². The summed E-state index contributed by atoms with van der Waals surface area (Å²) in [5.41, 5.74) is 5.09. The van der Waals surface area contributed by atoms with Crippen molar-refractivity contribution in [1.82, 2.24) is 13.7 Å². The van der Waals surface area contributed by atoms with Crippen molar-refractivity contribution in [2.75, 3.05) is 12.3 Å². The summed E-state index contributed by atoms with van der Waals surface area (Å²) in [6, 6.07) is 7.35. The summed E-state index contributed by atoms with van der Waals surface area (Å²) < 4.78 is 8.80. The molecule has 0 radical (unpaired) electrons. The van der Waals surface area contributed by atoms with Gasteiger partial charge in [-0.25, -0.2) is 9.59 Å². The first kappa shape index (κ1) is 19.2. The van der Waals surface area contributed by atoms with Crippen LogP contribution < -0.4 is 17.0 Å². The van der Waals surface area contributed by atoms with Crippen LogP contribution in [0.4, 0.5) is 5.82 Å². The van der Waals surface area contributed by atoms with Gasteiger partial charge < -0.3 is 15.0 Å². The lowest BCUT2D eigenvalue weighted by molar-refractivity contribution is 0.0476. The molecule has 0 saturated heterocycles. The third-order valence-corrected chi connectivity index (χ3v) is 4.67. The second-order valence-electron chi connectivity index (χ2n) is 6.31. The van der Waals surface area contributed by atoms with Crippen LogP contribution in [0.25, 0.3) is 10.9 Å². The maximum atomic E-state index is 12.5. The highest BCUT2D eigenvalue weighted by Crippen LogP contribution is 2.22. The van der Waals surface area contributed by atoms with E-state index in [1.165, 1.54) is 14.1 Å². The Labute approximate surface area is 159 Å². The van der Waals surface area contributed by atoms with Gasteiger partial charge in [-0.3, -0.25) is 18.7 Å². The van der Waals surface area contributed by atoms with Gasteiger partial charge in [-0.15, -0.1) is 0 Å². The van der Waals surface area contributed by atoms with Gasteiger partial charge in [0.25, 0.3) is 5.56 Å². The molecule has 146 valence electrons. The predicted octanol–water partition coefficient (Wildman–Crippen LogP) is 0.680. The minimum Gasteiger partial charge on any atom is -0.454 e. The molecule has 0 saturated carbocycles. The molecule has 2 N–H and O–H groups in total. The minimum atomic E-state index is -0.829. The number of carbonyl (C=O) groups excluding carboxylic acids is 2. The molecule has 0 amide bonds. The fourth-order valence-corrected chi connectivity index (χ4v) is 3.07. The average Bonchev–Trinajstić information content (AvgIpc) is 3.08. The van der Waals surface area contributed by atoms with Crippen molar-refractivity contribution in [2.24, 2.45) is 14.1 Å². The number of aryl methyl sites for hydroxylation is 1. The van der Waals surface area contributed by atoms with E-state index in [1.807, 2.05) is 23.6 Å². The minimum absolute atomic E-state index is 0.267. The lowest BCUT2D eigenvalue weighted by Crippen LogP contribution is -2.42. The van der Waals surface area contributed by atoms with E-state index in [-0.39, 0.29) is 11.4 Å². The Morgan fingerprint density at radius 3 is 2.46 bits per heavy atom. The van der Waals surface area contributed by atoms with E-state index in [0.717, 1.165) is 14.7 Å². The Bertz CT molecular complexity index is 1220. The summed E-state index contributed by atoms with van der Waals surface area (Å²) in [6.45, 7) is 1.95. The van der Waals surface area contributed by atoms with E-state index in [4.69, 9.17) is 10.5 Å². The number of aromatic nitrogens is 3. The first-order valence-corrected chi connectivity index (χ1v) is 8.61. The zero-order chi connectivity index (χ0) is 20.6. The van der Waals surface area contributed by atoms with Gasteiger partial charge in [0.1, 0.15) is 11.4 Å². The third kappa shape index (κ3) is 3.00. The molecular formula is C19H20N4O5. The lowest BCUT2D eigenvalue weighted by atomic mass is 10.2. The fraction of sp³-hybridized carbons (Fsp3) is 0.263. The van der Waals surface area contributed by atoms with Crippen LogP contribution in [-0.4, -0.2) is 32.1 Å². The first-order chi connectivity index (χ1) is 13.3. The van der Waals surface area contributed by atoms with Crippen LogP contribution in [0.2, 0.25) is 0 Å². The van der Waals surface area contributed by atoms with Crippen LogP contribution in [0.1, 0.15) is 27.6 Å². The molecule has 0 atom stereocenters. The molecule has 9 nitrogen and oxygen atoms in total. The highest BCUT2D eigenvalue weighted by Gasteiger charge is 2.23. The van der Waals surface area contributed by atoms with Gasteiger partial charge in [0.05, 0.1) is 5.56 Å². The molecule has 0 fully saturated rings. The molecule has 3 rings (SSSR count). The van der Waals surface area contributed by atoms with Crippen molar-refractivity contribution < 1.29 is 14.3 Å². The lowest BCUT2D eigenvalue weighted by Gasteiger charge is -2.10. The molecule has 0 aliphatic carbocycles. The van der Waals surface area contributed by atoms with Gasteiger partial charge in [-0.1, -0.05) is 18.2 Å². The largest absolute Gasteiger partial charge is 0.454 e. The van der Waals surface area contributed by atoms with Gasteiger partial charge in [0.15, 0.2) is 6.61 Å². The summed E-state index contributed by atoms with van der Waals surface area (Å²) in [4.78, 5) is 49.1. The monoisotopic (exact) mass is 384 g/mol. The summed E-state index contributed by atoms with van der Waals surface area (Å²) in [5.74, 6) is -1.73. The number of fused-ring (bicyclic) bond motifs is 1. The number of Topliss-reactive ketones (excluding diaryl/α,β-unsaturated/α-hetero) is 1. The van der Waals surface area contributed by atoms with Crippen molar-refractivity contribution in [3.63, 3.8) is 0 Å². The summed E-state index contributed by atoms with van der Waals surface area (Å²) in [5, 5.41) is 0.708. The van der Waals surface area contributed by atoms with Crippen LogP contribution in [-0.2, 0) is 25.4 Å². The molecule has 0 aliphatic heterocycles. The molecule has 28 heavy (non-hydrogen) atoms. The van der Waals surface area contributed by atoms with Crippen LogP contribution in [0.5, 0.6) is 0 Å². The Morgan fingerprint density at radius 2 is 1.79 bits per heavy atom. The fourth-order valence-electron chi connectivity index (χ4n) is 3.07. The Balaban J connectivity index is 1.88. The highest BCUT2D eigenvalue weighted by atomic mass is 16.5. The first-order valence-electron chi connectivity index (χ1n) is 8.61. The van der Waals surface area contributed by atoms with Gasteiger partial charge in [0, 0.05) is 37.7 Å². The van der Waals surface area contributed by atoms with Gasteiger partial charge in [0.2, 0.25) is 5.78 Å². The number of esters is 1. The number of hydrogen-bond acceptors (Lipinski definition) is 6. The maximum absolute atomic E-state index is 12.5. The van der Waals surface area contributed by atoms with Crippen molar-refractivity contribution in [2.45, 2.75) is 13.5 Å². The van der Waals surface area contributed by atoms with Crippen molar-refractivity contribution in [3.05, 3.63) is 62.4 Å². The Kier molecular flexibility index (Phi) is 4.91. The Morgan fingerprint density at radius 1 is 1.11 bits per heavy atom. The highest BCUT2D eigenvalue weighted by molar-refractivity contribution is 6.06. The van der Waals surface area contributed by atoms with E-state index in [0.29, 0.717) is 17.5 Å². The second-order valence-corrected chi connectivity index (χ2v) is 6.31. The Hall–Kier alpha value is -3.62. The number of carbonyl (C=O) groups is 2. The molecule has 3 aromatic rings. The number of benzene rings is 1. The molecule has 0 unspecified atom stereocenters. The molecule has 0 aliphatic rings. The van der Waals surface area contributed by atoms with Crippen molar-refractivity contribution >= 4 is 28.5 Å². The van der Waals surface area contributed by atoms with Gasteiger partial charge in [-0.2, -0.15) is 0 Å². The van der Waals surface area contributed by atoms with Crippen LogP contribution in [0, 0.1) is 0 Å². The van der Waals surface area contributed by atoms with E-state index < -0.39 is 29.6 Å². The normalized spacial score (nSPS) is 11.0. The smallest absolute Gasteiger partial charge is 0.340 e.